The monoisotopic (exact) mass is 771 g/mol. The van der Waals surface area contributed by atoms with Crippen molar-refractivity contribution in [3.05, 3.63) is 200 Å². The van der Waals surface area contributed by atoms with E-state index in [0.29, 0.717) is 17.6 Å². The fourth-order valence-electron chi connectivity index (χ4n) is 8.81. The highest BCUT2D eigenvalue weighted by Crippen LogP contribution is 2.40. The maximum atomic E-state index is 5.30. The average molecular weight is 772 g/mol. The van der Waals surface area contributed by atoms with Crippen molar-refractivity contribution in [2.75, 3.05) is 0 Å². The molecule has 0 saturated heterocycles. The Balaban J connectivity index is 1.13. The lowest BCUT2D eigenvalue weighted by molar-refractivity contribution is 0.795. The van der Waals surface area contributed by atoms with Crippen molar-refractivity contribution in [1.29, 1.82) is 0 Å². The molecule has 0 unspecified atom stereocenters. The van der Waals surface area contributed by atoms with Gasteiger partial charge in [-0.25, -0.2) is 4.98 Å². The summed E-state index contributed by atoms with van der Waals surface area (Å²) in [5, 5.41) is 4.63. The van der Waals surface area contributed by atoms with Crippen LogP contribution in [0, 0.1) is 0 Å². The number of nitrogens with zero attached hydrogens (tertiary/aromatic N) is 5. The van der Waals surface area contributed by atoms with E-state index in [2.05, 4.69) is 186 Å². The summed E-state index contributed by atoms with van der Waals surface area (Å²) in [5.74, 6) is 1.82. The van der Waals surface area contributed by atoms with Crippen molar-refractivity contribution in [3.8, 4) is 56.7 Å². The largest absolute Gasteiger partial charge is 0.309 e. The average Bonchev–Trinajstić information content (AvgIpc) is 3.82. The summed E-state index contributed by atoms with van der Waals surface area (Å²) >= 11 is 0. The Morgan fingerprint density at radius 3 is 1.58 bits per heavy atom. The summed E-state index contributed by atoms with van der Waals surface area (Å²) in [5.41, 5.74) is 13.5. The second-order valence-corrected chi connectivity index (χ2v) is 15.5. The predicted octanol–water partition coefficient (Wildman–Crippen LogP) is 14.1. The van der Waals surface area contributed by atoms with Crippen molar-refractivity contribution < 1.29 is 0 Å². The molecule has 0 spiro atoms. The Kier molecular flexibility index (Phi) is 8.85. The minimum absolute atomic E-state index is 0.576. The van der Waals surface area contributed by atoms with Gasteiger partial charge in [-0.05, 0) is 83.1 Å². The summed E-state index contributed by atoms with van der Waals surface area (Å²) in [7, 11) is 0. The molecule has 286 valence electrons. The van der Waals surface area contributed by atoms with Crippen molar-refractivity contribution in [3.63, 3.8) is 0 Å². The molecule has 0 atom stereocenters. The molecule has 5 nitrogen and oxygen atoms in total. The lowest BCUT2D eigenvalue weighted by atomic mass is 10.00. The third kappa shape index (κ3) is 6.23. The molecule has 0 amide bonds. The topological polar surface area (TPSA) is 48.5 Å². The van der Waals surface area contributed by atoms with Crippen LogP contribution in [0.1, 0.15) is 25.3 Å². The maximum absolute atomic E-state index is 5.30. The molecule has 0 N–H and O–H groups in total. The molecule has 3 aromatic heterocycles. The minimum atomic E-state index is 0.576. The summed E-state index contributed by atoms with van der Waals surface area (Å²) in [6, 6.07) is 69.2. The number of unbranched alkanes of at least 4 members (excludes halogenated alkanes) is 1. The molecule has 3 heterocycles. The van der Waals surface area contributed by atoms with Gasteiger partial charge in [-0.1, -0.05) is 165 Å². The van der Waals surface area contributed by atoms with E-state index in [1.165, 1.54) is 40.3 Å². The van der Waals surface area contributed by atoms with Crippen molar-refractivity contribution in [1.82, 2.24) is 24.1 Å². The van der Waals surface area contributed by atoms with Crippen molar-refractivity contribution in [2.45, 2.75) is 26.2 Å². The SMILES string of the molecule is CCCCc1cccc(-c2cccc(-n3c4ccccc4c4cc5c(cc43)c3ccccc3n5-c3nc(-c4ccccc4)nc(-c4cccc(-c5ccccc5)c4)n3)c2)c1. The summed E-state index contributed by atoms with van der Waals surface area (Å²) in [6.45, 7) is 2.25. The number of fused-ring (bicyclic) bond motifs is 6. The van der Waals surface area contributed by atoms with Crippen LogP contribution in [-0.2, 0) is 6.42 Å². The molecule has 0 aliphatic carbocycles. The Morgan fingerprint density at radius 1 is 0.367 bits per heavy atom. The number of aryl methyl sites for hydroxylation is 1. The van der Waals surface area contributed by atoms with Crippen LogP contribution in [0.15, 0.2) is 194 Å². The van der Waals surface area contributed by atoms with Crippen LogP contribution in [-0.4, -0.2) is 24.1 Å². The first-order valence-electron chi connectivity index (χ1n) is 20.8. The van der Waals surface area contributed by atoms with Gasteiger partial charge in [-0.3, -0.25) is 4.57 Å². The van der Waals surface area contributed by atoms with E-state index >= 15 is 0 Å². The van der Waals surface area contributed by atoms with Crippen molar-refractivity contribution in [2.24, 2.45) is 0 Å². The zero-order valence-corrected chi connectivity index (χ0v) is 33.3. The van der Waals surface area contributed by atoms with E-state index in [4.69, 9.17) is 15.0 Å². The van der Waals surface area contributed by atoms with E-state index in [1.807, 2.05) is 24.3 Å². The molecule has 11 rings (SSSR count). The minimum Gasteiger partial charge on any atom is -0.309 e. The summed E-state index contributed by atoms with van der Waals surface area (Å²) in [6.07, 6.45) is 3.48. The molecular formula is C55H41N5. The number of rotatable bonds is 9. The number of benzene rings is 8. The predicted molar refractivity (Wildman–Crippen MR) is 249 cm³/mol. The normalized spacial score (nSPS) is 11.6. The van der Waals surface area contributed by atoms with E-state index in [0.717, 1.165) is 67.2 Å². The molecule has 11 aromatic rings. The van der Waals surface area contributed by atoms with Crippen LogP contribution in [0.2, 0.25) is 0 Å². The second-order valence-electron chi connectivity index (χ2n) is 15.5. The molecule has 0 fully saturated rings. The smallest absolute Gasteiger partial charge is 0.238 e. The van der Waals surface area contributed by atoms with Crippen LogP contribution in [0.3, 0.4) is 0 Å². The van der Waals surface area contributed by atoms with Gasteiger partial charge in [0, 0.05) is 38.4 Å². The van der Waals surface area contributed by atoms with Crippen LogP contribution < -0.4 is 0 Å². The fourth-order valence-corrected chi connectivity index (χ4v) is 8.81. The second kappa shape index (κ2) is 14.9. The highest BCUT2D eigenvalue weighted by molar-refractivity contribution is 6.19. The molecule has 5 heteroatoms. The van der Waals surface area contributed by atoms with Gasteiger partial charge in [-0.15, -0.1) is 0 Å². The van der Waals surface area contributed by atoms with Crippen LogP contribution in [0.4, 0.5) is 0 Å². The molecule has 8 aromatic carbocycles. The third-order valence-corrected chi connectivity index (χ3v) is 11.7. The standard InChI is InChI=1S/C55H41N5/c1-2-3-17-37-18-14-23-40(32-37)42-25-16-27-44(34-42)59-49-30-12-10-28-45(49)47-36-52-48(35-51(47)59)46-29-11-13-31-50(46)60(52)55-57-53(39-21-8-5-9-22-39)56-54(58-55)43-26-15-24-41(33-43)38-19-6-4-7-20-38/h4-16,18-36H,2-3,17H2,1H3. The molecule has 0 aliphatic heterocycles. The first-order chi connectivity index (χ1) is 29.7. The van der Waals surface area contributed by atoms with E-state index < -0.39 is 0 Å². The van der Waals surface area contributed by atoms with Gasteiger partial charge in [0.1, 0.15) is 0 Å². The molecule has 60 heavy (non-hydrogen) atoms. The quantitative estimate of drug-likeness (QED) is 0.147. The van der Waals surface area contributed by atoms with Gasteiger partial charge in [0.2, 0.25) is 5.95 Å². The zero-order chi connectivity index (χ0) is 40.0. The van der Waals surface area contributed by atoms with Gasteiger partial charge in [0.25, 0.3) is 0 Å². The van der Waals surface area contributed by atoms with E-state index in [-0.39, 0.29) is 0 Å². The Morgan fingerprint density at radius 2 is 0.883 bits per heavy atom. The lowest BCUT2D eigenvalue weighted by Crippen LogP contribution is -2.06. The Bertz CT molecular complexity index is 3360. The van der Waals surface area contributed by atoms with Crippen LogP contribution in [0.25, 0.3) is 100 Å². The van der Waals surface area contributed by atoms with Gasteiger partial charge in [0.15, 0.2) is 11.6 Å². The van der Waals surface area contributed by atoms with Crippen LogP contribution in [0.5, 0.6) is 0 Å². The number of hydrogen-bond donors (Lipinski definition) is 0. The highest BCUT2D eigenvalue weighted by atomic mass is 15.2. The molecule has 0 radical (unpaired) electrons. The van der Waals surface area contributed by atoms with E-state index in [1.54, 1.807) is 0 Å². The fraction of sp³-hybridized carbons (Fsp3) is 0.0727. The Labute approximate surface area is 348 Å². The zero-order valence-electron chi connectivity index (χ0n) is 33.3. The Hall–Kier alpha value is -7.63. The number of para-hydroxylation sites is 2. The highest BCUT2D eigenvalue weighted by Gasteiger charge is 2.21. The molecular weight excluding hydrogens is 731 g/mol. The van der Waals surface area contributed by atoms with Crippen LogP contribution >= 0.6 is 0 Å². The third-order valence-electron chi connectivity index (χ3n) is 11.7. The number of hydrogen-bond acceptors (Lipinski definition) is 3. The van der Waals surface area contributed by atoms with Gasteiger partial charge in [0.05, 0.1) is 22.1 Å². The summed E-state index contributed by atoms with van der Waals surface area (Å²) < 4.78 is 4.65. The van der Waals surface area contributed by atoms with E-state index in [9.17, 15) is 0 Å². The first-order valence-corrected chi connectivity index (χ1v) is 20.8. The van der Waals surface area contributed by atoms with Crippen molar-refractivity contribution >= 4 is 43.6 Å². The van der Waals surface area contributed by atoms with Gasteiger partial charge >= 0.3 is 0 Å². The van der Waals surface area contributed by atoms with Gasteiger partial charge < -0.3 is 4.57 Å². The molecule has 0 aliphatic rings. The molecule has 0 saturated carbocycles. The lowest BCUT2D eigenvalue weighted by Gasteiger charge is -2.12. The molecule has 0 bridgehead atoms. The first kappa shape index (κ1) is 35.5. The van der Waals surface area contributed by atoms with Gasteiger partial charge in [-0.2, -0.15) is 9.97 Å². The summed E-state index contributed by atoms with van der Waals surface area (Å²) in [4.78, 5) is 15.7. The maximum Gasteiger partial charge on any atom is 0.238 e. The number of aromatic nitrogens is 5.